The Labute approximate surface area is 127 Å². The second-order valence-corrected chi connectivity index (χ2v) is 5.79. The Hall–Kier alpha value is -1.59. The fourth-order valence-electron chi connectivity index (χ4n) is 2.66. The summed E-state index contributed by atoms with van der Waals surface area (Å²) >= 11 is 0. The second kappa shape index (κ2) is 7.43. The van der Waals surface area contributed by atoms with Gasteiger partial charge in [0.1, 0.15) is 0 Å². The average molecular weight is 293 g/mol. The molecule has 1 saturated carbocycles. The minimum atomic E-state index is 0.382. The van der Waals surface area contributed by atoms with Crippen molar-refractivity contribution in [3.05, 3.63) is 0 Å². The molecule has 118 valence electrons. The smallest absolute Gasteiger partial charge is 0.323 e. The molecule has 0 bridgehead atoms. The molecular weight excluding hydrogens is 266 g/mol. The van der Waals surface area contributed by atoms with Crippen molar-refractivity contribution in [2.24, 2.45) is 11.8 Å². The van der Waals surface area contributed by atoms with E-state index in [1.54, 1.807) is 0 Å². The van der Waals surface area contributed by atoms with Crippen LogP contribution in [0, 0.1) is 11.8 Å². The van der Waals surface area contributed by atoms with Crippen molar-refractivity contribution in [1.82, 2.24) is 15.0 Å². The minimum absolute atomic E-state index is 0.382. The Morgan fingerprint density at radius 2 is 1.86 bits per heavy atom. The van der Waals surface area contributed by atoms with E-state index in [4.69, 9.17) is 4.74 Å². The summed E-state index contributed by atoms with van der Waals surface area (Å²) in [5.41, 5.74) is 0. The predicted molar refractivity (Wildman–Crippen MR) is 84.7 cm³/mol. The monoisotopic (exact) mass is 293 g/mol. The molecule has 21 heavy (non-hydrogen) atoms. The first-order chi connectivity index (χ1) is 10.1. The molecule has 1 aromatic rings. The number of hydrogen-bond donors (Lipinski definition) is 2. The fourth-order valence-corrected chi connectivity index (χ4v) is 2.66. The maximum absolute atomic E-state index is 5.44. The van der Waals surface area contributed by atoms with Gasteiger partial charge in [0.05, 0.1) is 6.61 Å². The SMILES string of the molecule is CCCNc1nc(NC2CCC(C)C2C)nc(OCC)n1. The van der Waals surface area contributed by atoms with Crippen molar-refractivity contribution in [3.8, 4) is 6.01 Å². The van der Waals surface area contributed by atoms with Crippen LogP contribution in [0.5, 0.6) is 6.01 Å². The van der Waals surface area contributed by atoms with Crippen LogP contribution >= 0.6 is 0 Å². The maximum atomic E-state index is 5.44. The standard InChI is InChI=1S/C15H27N5O/c1-5-9-16-13-18-14(20-15(19-13)21-6-2)17-12-8-7-10(3)11(12)4/h10-12H,5-9H2,1-4H3,(H2,16,17,18,19,20). The van der Waals surface area contributed by atoms with Gasteiger partial charge in [0.25, 0.3) is 0 Å². The molecule has 0 spiro atoms. The predicted octanol–water partition coefficient (Wildman–Crippen LogP) is 2.94. The first kappa shape index (κ1) is 15.8. The van der Waals surface area contributed by atoms with Crippen LogP contribution in [-0.4, -0.2) is 34.1 Å². The highest BCUT2D eigenvalue weighted by atomic mass is 16.5. The van der Waals surface area contributed by atoms with Gasteiger partial charge in [0.2, 0.25) is 11.9 Å². The quantitative estimate of drug-likeness (QED) is 0.805. The summed E-state index contributed by atoms with van der Waals surface area (Å²) in [5, 5.41) is 6.65. The third-order valence-electron chi connectivity index (χ3n) is 4.20. The van der Waals surface area contributed by atoms with Gasteiger partial charge in [-0.2, -0.15) is 15.0 Å². The Morgan fingerprint density at radius 3 is 2.48 bits per heavy atom. The molecule has 1 aliphatic rings. The molecule has 2 rings (SSSR count). The van der Waals surface area contributed by atoms with Gasteiger partial charge in [-0.05, 0) is 38.0 Å². The summed E-state index contributed by atoms with van der Waals surface area (Å²) < 4.78 is 5.44. The molecule has 0 saturated heterocycles. The summed E-state index contributed by atoms with van der Waals surface area (Å²) in [6, 6.07) is 0.809. The van der Waals surface area contributed by atoms with Gasteiger partial charge in [0.15, 0.2) is 0 Å². The zero-order valence-electron chi connectivity index (χ0n) is 13.5. The molecule has 1 fully saturated rings. The van der Waals surface area contributed by atoms with E-state index < -0.39 is 0 Å². The lowest BCUT2D eigenvalue weighted by Crippen LogP contribution is -2.25. The van der Waals surface area contributed by atoms with Crippen molar-refractivity contribution < 1.29 is 4.74 Å². The number of rotatable bonds is 7. The van der Waals surface area contributed by atoms with Crippen LogP contribution in [0.3, 0.4) is 0 Å². The summed E-state index contributed by atoms with van der Waals surface area (Å²) in [6.07, 6.45) is 3.44. The first-order valence-corrected chi connectivity index (χ1v) is 8.03. The molecule has 6 nitrogen and oxygen atoms in total. The Morgan fingerprint density at radius 1 is 1.10 bits per heavy atom. The highest BCUT2D eigenvalue weighted by molar-refractivity contribution is 5.37. The summed E-state index contributed by atoms with van der Waals surface area (Å²) in [7, 11) is 0. The second-order valence-electron chi connectivity index (χ2n) is 5.79. The van der Waals surface area contributed by atoms with Crippen LogP contribution in [0.4, 0.5) is 11.9 Å². The zero-order chi connectivity index (χ0) is 15.2. The van der Waals surface area contributed by atoms with E-state index in [0.29, 0.717) is 36.5 Å². The van der Waals surface area contributed by atoms with Gasteiger partial charge in [-0.15, -0.1) is 0 Å². The third kappa shape index (κ3) is 4.19. The molecule has 6 heteroatoms. The lowest BCUT2D eigenvalue weighted by molar-refractivity contribution is 0.312. The molecule has 0 amide bonds. The molecular formula is C15H27N5O. The molecule has 2 N–H and O–H groups in total. The Kier molecular flexibility index (Phi) is 5.59. The highest BCUT2D eigenvalue weighted by Gasteiger charge is 2.30. The van der Waals surface area contributed by atoms with Crippen molar-refractivity contribution in [3.63, 3.8) is 0 Å². The van der Waals surface area contributed by atoms with Crippen LogP contribution in [0.2, 0.25) is 0 Å². The number of aromatic nitrogens is 3. The summed E-state index contributed by atoms with van der Waals surface area (Å²) in [6.45, 7) is 10.0. The van der Waals surface area contributed by atoms with Gasteiger partial charge in [-0.3, -0.25) is 0 Å². The lowest BCUT2D eigenvalue weighted by Gasteiger charge is -2.20. The number of anilines is 2. The van der Waals surface area contributed by atoms with Crippen LogP contribution in [-0.2, 0) is 0 Å². The van der Waals surface area contributed by atoms with E-state index in [1.807, 2.05) is 6.92 Å². The molecule has 0 radical (unpaired) electrons. The van der Waals surface area contributed by atoms with Crippen LogP contribution in [0.1, 0.15) is 47.0 Å². The zero-order valence-corrected chi connectivity index (χ0v) is 13.5. The van der Waals surface area contributed by atoms with Crippen molar-refractivity contribution in [2.45, 2.75) is 53.0 Å². The van der Waals surface area contributed by atoms with Gasteiger partial charge in [-0.1, -0.05) is 20.8 Å². The topological polar surface area (TPSA) is 72.0 Å². The molecule has 1 heterocycles. The molecule has 3 unspecified atom stereocenters. The normalized spacial score (nSPS) is 24.9. The number of ether oxygens (including phenoxy) is 1. The molecule has 1 aromatic heterocycles. The van der Waals surface area contributed by atoms with Crippen LogP contribution in [0.15, 0.2) is 0 Å². The first-order valence-electron chi connectivity index (χ1n) is 8.03. The van der Waals surface area contributed by atoms with Crippen molar-refractivity contribution >= 4 is 11.9 Å². The number of nitrogens with one attached hydrogen (secondary N) is 2. The fraction of sp³-hybridized carbons (Fsp3) is 0.800. The van der Waals surface area contributed by atoms with Gasteiger partial charge in [-0.25, -0.2) is 0 Å². The Balaban J connectivity index is 2.11. The Bertz CT molecular complexity index is 454. The van der Waals surface area contributed by atoms with E-state index >= 15 is 0 Å². The highest BCUT2D eigenvalue weighted by Crippen LogP contribution is 2.32. The van der Waals surface area contributed by atoms with Crippen LogP contribution in [0.25, 0.3) is 0 Å². The molecule has 3 atom stereocenters. The maximum Gasteiger partial charge on any atom is 0.323 e. The molecule has 1 aliphatic carbocycles. The minimum Gasteiger partial charge on any atom is -0.464 e. The van der Waals surface area contributed by atoms with E-state index in [1.165, 1.54) is 6.42 Å². The molecule has 0 aliphatic heterocycles. The van der Waals surface area contributed by atoms with Crippen molar-refractivity contribution in [2.75, 3.05) is 23.8 Å². The largest absolute Gasteiger partial charge is 0.464 e. The van der Waals surface area contributed by atoms with Gasteiger partial charge >= 0.3 is 6.01 Å². The number of nitrogens with zero attached hydrogens (tertiary/aromatic N) is 3. The van der Waals surface area contributed by atoms with E-state index in [9.17, 15) is 0 Å². The van der Waals surface area contributed by atoms with E-state index in [-0.39, 0.29) is 0 Å². The summed E-state index contributed by atoms with van der Waals surface area (Å²) in [4.78, 5) is 13.1. The van der Waals surface area contributed by atoms with Gasteiger partial charge < -0.3 is 15.4 Å². The van der Waals surface area contributed by atoms with Gasteiger partial charge in [0, 0.05) is 12.6 Å². The lowest BCUT2D eigenvalue weighted by atomic mass is 9.98. The van der Waals surface area contributed by atoms with E-state index in [2.05, 4.69) is 46.4 Å². The van der Waals surface area contributed by atoms with Crippen LogP contribution < -0.4 is 15.4 Å². The molecule has 0 aromatic carbocycles. The number of hydrogen-bond acceptors (Lipinski definition) is 6. The summed E-state index contributed by atoms with van der Waals surface area (Å²) in [5.74, 6) is 2.56. The van der Waals surface area contributed by atoms with E-state index in [0.717, 1.165) is 25.3 Å². The average Bonchev–Trinajstić information content (AvgIpc) is 2.77. The third-order valence-corrected chi connectivity index (χ3v) is 4.20. The van der Waals surface area contributed by atoms with Crippen molar-refractivity contribution in [1.29, 1.82) is 0 Å².